The van der Waals surface area contributed by atoms with Gasteiger partial charge in [0, 0.05) is 42.2 Å². The Kier molecular flexibility index (Phi) is 7.27. The molecule has 0 radical (unpaired) electrons. The van der Waals surface area contributed by atoms with E-state index in [-0.39, 0.29) is 22.8 Å². The number of allylic oxidation sites excluding steroid dienone is 7. The van der Waals surface area contributed by atoms with Crippen molar-refractivity contribution in [3.63, 3.8) is 0 Å². The van der Waals surface area contributed by atoms with Crippen LogP contribution in [0.15, 0.2) is 83.6 Å². The minimum absolute atomic E-state index is 0.170. The molecule has 4 unspecified atom stereocenters. The largest absolute Gasteiger partial charge is 0.377 e. The minimum atomic E-state index is 0.170. The number of rotatable bonds is 7. The summed E-state index contributed by atoms with van der Waals surface area (Å²) in [6.07, 6.45) is 16.2. The second-order valence-corrected chi connectivity index (χ2v) is 15.3. The molecule has 5 rings (SSSR count). The van der Waals surface area contributed by atoms with Gasteiger partial charge in [0.15, 0.2) is 0 Å². The van der Waals surface area contributed by atoms with Crippen LogP contribution < -0.4 is 10.6 Å². The lowest BCUT2D eigenvalue weighted by atomic mass is 9.86. The Morgan fingerprint density at radius 2 is 1.51 bits per heavy atom. The molecule has 0 bridgehead atoms. The van der Waals surface area contributed by atoms with E-state index in [9.17, 15) is 0 Å². The highest BCUT2D eigenvalue weighted by atomic mass is 32.2. The Labute approximate surface area is 236 Å². The first kappa shape index (κ1) is 26.8. The van der Waals surface area contributed by atoms with Crippen LogP contribution in [0.25, 0.3) is 10.6 Å². The summed E-state index contributed by atoms with van der Waals surface area (Å²) in [6, 6.07) is 4.79. The van der Waals surface area contributed by atoms with E-state index in [2.05, 4.69) is 114 Å². The van der Waals surface area contributed by atoms with E-state index in [4.69, 9.17) is 0 Å². The van der Waals surface area contributed by atoms with Gasteiger partial charge >= 0.3 is 0 Å². The zero-order valence-electron chi connectivity index (χ0n) is 23.0. The first-order valence-electron chi connectivity index (χ1n) is 13.3. The molecule has 0 saturated carbocycles. The molecule has 4 aliphatic heterocycles. The van der Waals surface area contributed by atoms with Gasteiger partial charge in [-0.05, 0) is 49.7 Å². The molecule has 0 aromatic carbocycles. The molecule has 2 nitrogen and oxygen atoms in total. The average Bonchev–Trinajstić information content (AvgIpc) is 3.64. The van der Waals surface area contributed by atoms with Gasteiger partial charge in [-0.2, -0.15) is 0 Å². The van der Waals surface area contributed by atoms with Gasteiger partial charge in [-0.25, -0.2) is 0 Å². The quantitative estimate of drug-likeness (QED) is 0.332. The van der Waals surface area contributed by atoms with Gasteiger partial charge in [-0.1, -0.05) is 77.3 Å². The molecule has 5 heteroatoms. The third-order valence-corrected chi connectivity index (χ3v) is 12.8. The summed E-state index contributed by atoms with van der Waals surface area (Å²) in [7, 11) is 0. The first-order chi connectivity index (χ1) is 17.6. The van der Waals surface area contributed by atoms with Crippen molar-refractivity contribution in [2.24, 2.45) is 16.7 Å². The third kappa shape index (κ3) is 4.88. The Balaban J connectivity index is 1.35. The molecule has 4 aliphatic rings. The number of fused-ring (bicyclic) bond motifs is 1. The van der Waals surface area contributed by atoms with E-state index in [0.717, 1.165) is 24.2 Å². The maximum atomic E-state index is 4.47. The van der Waals surface area contributed by atoms with Crippen molar-refractivity contribution < 1.29 is 0 Å². The van der Waals surface area contributed by atoms with Gasteiger partial charge in [0.1, 0.15) is 0 Å². The van der Waals surface area contributed by atoms with Crippen molar-refractivity contribution in [2.75, 3.05) is 0 Å². The summed E-state index contributed by atoms with van der Waals surface area (Å²) < 4.78 is 0. The second-order valence-electron chi connectivity index (χ2n) is 11.7. The van der Waals surface area contributed by atoms with Crippen molar-refractivity contribution in [1.82, 2.24) is 10.6 Å². The molecule has 0 amide bonds. The fraction of sp³-hybridized carbons (Fsp3) is 0.438. The summed E-state index contributed by atoms with van der Waals surface area (Å²) >= 11 is 5.95. The normalized spacial score (nSPS) is 28.4. The Bertz CT molecular complexity index is 1270. The van der Waals surface area contributed by atoms with Gasteiger partial charge in [0.25, 0.3) is 0 Å². The molecule has 1 saturated heterocycles. The van der Waals surface area contributed by atoms with Crippen LogP contribution in [0.2, 0.25) is 0 Å². The Hall–Kier alpha value is -1.82. The lowest BCUT2D eigenvalue weighted by molar-refractivity contribution is 0.460. The van der Waals surface area contributed by atoms with E-state index in [1.165, 1.54) is 30.8 Å². The van der Waals surface area contributed by atoms with Crippen LogP contribution in [-0.4, -0.2) is 16.5 Å². The van der Waals surface area contributed by atoms with Crippen molar-refractivity contribution in [3.8, 4) is 0 Å². The van der Waals surface area contributed by atoms with E-state index in [0.29, 0.717) is 10.5 Å². The van der Waals surface area contributed by atoms with E-state index >= 15 is 0 Å². The van der Waals surface area contributed by atoms with Crippen LogP contribution in [0.5, 0.6) is 0 Å². The standard InChI is InChI=1S/C32H40N2S3/c1-9-17-31(5,6)25-15-13-22(36-25)21-11-12-23(35-21)29-27-19(3)34-30(28(27)20(4)33-29)24-14-16-26(37-24)32(7,8)18-10-2/h9-14,17-18,25-26,28,30,33-34H,3-4,15-16H2,1-2,5-8H3. The number of nitrogens with one attached hydrogen (secondary N) is 2. The fourth-order valence-corrected chi connectivity index (χ4v) is 9.94. The molecule has 1 fully saturated rings. The molecular weight excluding hydrogens is 509 g/mol. The maximum absolute atomic E-state index is 4.47. The SMILES string of the molecule is C=C1NC(C2=CCC(C(C)(C)C=CC)S2)C2C(=C)NC(c3ccc(C4=CCC(C(C)(C)C=CC)S4)s3)=C12. The Morgan fingerprint density at radius 1 is 0.892 bits per heavy atom. The molecule has 1 aromatic heterocycles. The van der Waals surface area contributed by atoms with Crippen LogP contribution in [0.3, 0.4) is 0 Å². The highest BCUT2D eigenvalue weighted by molar-refractivity contribution is 8.09. The monoisotopic (exact) mass is 548 g/mol. The predicted octanol–water partition coefficient (Wildman–Crippen LogP) is 9.12. The molecule has 1 aromatic rings. The number of hydrogen-bond donors (Lipinski definition) is 2. The van der Waals surface area contributed by atoms with Crippen LogP contribution in [0.1, 0.15) is 64.1 Å². The van der Waals surface area contributed by atoms with Crippen LogP contribution in [0, 0.1) is 16.7 Å². The summed E-state index contributed by atoms with van der Waals surface area (Å²) in [6.45, 7) is 22.5. The van der Waals surface area contributed by atoms with Crippen LogP contribution in [-0.2, 0) is 0 Å². The number of thioether (sulfide) groups is 2. The van der Waals surface area contributed by atoms with Crippen molar-refractivity contribution >= 4 is 45.5 Å². The summed E-state index contributed by atoms with van der Waals surface area (Å²) in [5.41, 5.74) is 4.96. The molecule has 2 N–H and O–H groups in total. The molecule has 4 atom stereocenters. The highest BCUT2D eigenvalue weighted by Crippen LogP contribution is 2.53. The summed E-state index contributed by atoms with van der Waals surface area (Å²) in [5, 5.41) is 8.57. The molecule has 0 aliphatic carbocycles. The molecule has 5 heterocycles. The van der Waals surface area contributed by atoms with Crippen LogP contribution >= 0.6 is 34.9 Å². The maximum Gasteiger partial charge on any atom is 0.0694 e. The second kappa shape index (κ2) is 10.1. The van der Waals surface area contributed by atoms with Crippen molar-refractivity contribution in [3.05, 3.63) is 93.4 Å². The van der Waals surface area contributed by atoms with Gasteiger partial charge < -0.3 is 10.6 Å². The van der Waals surface area contributed by atoms with Gasteiger partial charge in [0.05, 0.1) is 22.5 Å². The third-order valence-electron chi connectivity index (χ3n) is 8.08. The lowest BCUT2D eigenvalue weighted by Crippen LogP contribution is -2.30. The number of hydrogen-bond acceptors (Lipinski definition) is 5. The Morgan fingerprint density at radius 3 is 2.19 bits per heavy atom. The molecule has 196 valence electrons. The van der Waals surface area contributed by atoms with E-state index < -0.39 is 0 Å². The van der Waals surface area contributed by atoms with Crippen molar-refractivity contribution in [1.29, 1.82) is 0 Å². The van der Waals surface area contributed by atoms with Gasteiger partial charge in [0.2, 0.25) is 0 Å². The fourth-order valence-electron chi connectivity index (χ4n) is 6.02. The number of thiophene rings is 1. The highest BCUT2D eigenvalue weighted by Gasteiger charge is 2.46. The topological polar surface area (TPSA) is 24.1 Å². The summed E-state index contributed by atoms with van der Waals surface area (Å²) in [5.74, 6) is 0.224. The first-order valence-corrected chi connectivity index (χ1v) is 15.9. The zero-order chi connectivity index (χ0) is 26.5. The smallest absolute Gasteiger partial charge is 0.0694 e. The van der Waals surface area contributed by atoms with Crippen molar-refractivity contribution in [2.45, 2.75) is 70.9 Å². The van der Waals surface area contributed by atoms with Gasteiger partial charge in [-0.15, -0.1) is 34.9 Å². The van der Waals surface area contributed by atoms with Gasteiger partial charge in [-0.3, -0.25) is 0 Å². The zero-order valence-corrected chi connectivity index (χ0v) is 25.4. The minimum Gasteiger partial charge on any atom is -0.377 e. The van der Waals surface area contributed by atoms with E-state index in [1.807, 2.05) is 34.9 Å². The lowest BCUT2D eigenvalue weighted by Gasteiger charge is -2.29. The van der Waals surface area contributed by atoms with Crippen LogP contribution in [0.4, 0.5) is 0 Å². The molecule has 0 spiro atoms. The summed E-state index contributed by atoms with van der Waals surface area (Å²) in [4.78, 5) is 5.48. The molecular formula is C32H40N2S3. The van der Waals surface area contributed by atoms with E-state index in [1.54, 1.807) is 0 Å². The average molecular weight is 549 g/mol. The predicted molar refractivity (Wildman–Crippen MR) is 168 cm³/mol. The molecule has 37 heavy (non-hydrogen) atoms.